The maximum atomic E-state index is 12.4. The second-order valence-electron chi connectivity index (χ2n) is 10.9. The molecule has 0 saturated carbocycles. The number of ketones is 2. The van der Waals surface area contributed by atoms with E-state index in [9.17, 15) is 24.9 Å². The summed E-state index contributed by atoms with van der Waals surface area (Å²) >= 11 is 0. The molecule has 0 amide bonds. The summed E-state index contributed by atoms with van der Waals surface area (Å²) in [6, 6.07) is 12.0. The first kappa shape index (κ1) is 32.2. The Bertz CT molecular complexity index is 1410. The van der Waals surface area contributed by atoms with Gasteiger partial charge in [0.1, 0.15) is 17.6 Å². The minimum Gasteiger partial charge on any atom is -0.508 e. The van der Waals surface area contributed by atoms with Crippen LogP contribution in [0.4, 0.5) is 0 Å². The Hall–Kier alpha value is -4.36. The number of rotatable bonds is 12. The first-order chi connectivity index (χ1) is 19.9. The third-order valence-corrected chi connectivity index (χ3v) is 7.11. The topological polar surface area (TPSA) is 113 Å². The number of phenolic OH excluding ortho intramolecular Hbond substituents is 1. The molecule has 7 heteroatoms. The number of allylic oxidation sites excluding steroid dienone is 5. The quantitative estimate of drug-likeness (QED) is 0.111. The van der Waals surface area contributed by atoms with Crippen molar-refractivity contribution in [2.24, 2.45) is 11.8 Å². The van der Waals surface area contributed by atoms with Crippen molar-refractivity contribution in [2.45, 2.75) is 52.7 Å². The number of aromatic hydroxyl groups is 1. The predicted molar refractivity (Wildman–Crippen MR) is 165 cm³/mol. The number of aliphatic hydroxyl groups is 2. The maximum absolute atomic E-state index is 12.4. The second kappa shape index (κ2) is 15.0. The average Bonchev–Trinajstić information content (AvgIpc) is 2.93. The van der Waals surface area contributed by atoms with Gasteiger partial charge in [0, 0.05) is 18.4 Å². The summed E-state index contributed by atoms with van der Waals surface area (Å²) in [4.78, 5) is 24.7. The van der Waals surface area contributed by atoms with E-state index in [2.05, 4.69) is 0 Å². The number of ether oxygens (including phenoxy) is 2. The molecule has 3 N–H and O–H groups in total. The third kappa shape index (κ3) is 9.63. The molecule has 1 aliphatic rings. The highest BCUT2D eigenvalue weighted by Gasteiger charge is 2.34. The second-order valence-corrected chi connectivity index (χ2v) is 10.9. The number of carbonyl (C=O) groups is 2. The highest BCUT2D eigenvalue weighted by molar-refractivity contribution is 6.02. The Morgan fingerprint density at radius 2 is 1.69 bits per heavy atom. The summed E-state index contributed by atoms with van der Waals surface area (Å²) in [5.41, 5.74) is 3.28. The van der Waals surface area contributed by atoms with Gasteiger partial charge in [-0.3, -0.25) is 9.59 Å². The van der Waals surface area contributed by atoms with Gasteiger partial charge in [-0.15, -0.1) is 0 Å². The fourth-order valence-corrected chi connectivity index (χ4v) is 4.81. The summed E-state index contributed by atoms with van der Waals surface area (Å²) in [7, 11) is 1.45. The number of benzene rings is 2. The molecular weight excluding hydrogens is 532 g/mol. The van der Waals surface area contributed by atoms with Crippen LogP contribution in [0, 0.1) is 11.8 Å². The van der Waals surface area contributed by atoms with E-state index in [4.69, 9.17) is 9.47 Å². The molecule has 0 fully saturated rings. The van der Waals surface area contributed by atoms with Crippen LogP contribution in [0.5, 0.6) is 17.2 Å². The normalized spacial score (nSPS) is 19.8. The van der Waals surface area contributed by atoms with E-state index in [1.165, 1.54) is 25.3 Å². The number of methoxy groups -OCH3 is 1. The van der Waals surface area contributed by atoms with Gasteiger partial charge < -0.3 is 24.8 Å². The van der Waals surface area contributed by atoms with Crippen molar-refractivity contribution in [2.75, 3.05) is 7.11 Å². The summed E-state index contributed by atoms with van der Waals surface area (Å²) in [5, 5.41) is 30.3. The lowest BCUT2D eigenvalue weighted by Gasteiger charge is -2.36. The molecule has 0 aromatic heterocycles. The zero-order valence-corrected chi connectivity index (χ0v) is 24.8. The van der Waals surface area contributed by atoms with Crippen molar-refractivity contribution in [3.05, 3.63) is 101 Å². The third-order valence-electron chi connectivity index (χ3n) is 7.11. The highest BCUT2D eigenvalue weighted by atomic mass is 16.5. The lowest BCUT2D eigenvalue weighted by atomic mass is 9.76. The minimum atomic E-state index is -0.554. The van der Waals surface area contributed by atoms with Crippen LogP contribution < -0.4 is 9.47 Å². The van der Waals surface area contributed by atoms with Crippen molar-refractivity contribution in [1.82, 2.24) is 0 Å². The minimum absolute atomic E-state index is 0.0114. The van der Waals surface area contributed by atoms with E-state index < -0.39 is 6.10 Å². The largest absolute Gasteiger partial charge is 0.508 e. The summed E-state index contributed by atoms with van der Waals surface area (Å²) in [6.45, 7) is 7.71. The number of aliphatic hydroxyl groups excluding tert-OH is 2. The highest BCUT2D eigenvalue weighted by Crippen LogP contribution is 2.34. The Morgan fingerprint density at radius 1 is 1.02 bits per heavy atom. The molecule has 3 rings (SSSR count). The molecule has 0 aliphatic heterocycles. The Labute approximate surface area is 247 Å². The molecule has 1 aliphatic carbocycles. The zero-order chi connectivity index (χ0) is 30.8. The fraction of sp³-hybridized carbons (Fsp3) is 0.314. The van der Waals surface area contributed by atoms with Gasteiger partial charge in [0.2, 0.25) is 0 Å². The molecule has 4 unspecified atom stereocenters. The molecule has 4 atom stereocenters. The van der Waals surface area contributed by atoms with Crippen molar-refractivity contribution in [3.8, 4) is 17.2 Å². The number of hydrogen-bond donors (Lipinski definition) is 3. The number of phenols is 1. The smallest absolute Gasteiger partial charge is 0.182 e. The number of carbonyl (C=O) groups excluding carboxylic acids is 2. The van der Waals surface area contributed by atoms with Crippen molar-refractivity contribution in [3.63, 3.8) is 0 Å². The molecule has 0 spiro atoms. The lowest BCUT2D eigenvalue weighted by Crippen LogP contribution is -2.38. The molecule has 0 bridgehead atoms. The predicted octanol–water partition coefficient (Wildman–Crippen LogP) is 6.77. The zero-order valence-electron chi connectivity index (χ0n) is 24.8. The van der Waals surface area contributed by atoms with Crippen molar-refractivity contribution < 1.29 is 34.4 Å². The van der Waals surface area contributed by atoms with Crippen LogP contribution in [0.3, 0.4) is 0 Å². The van der Waals surface area contributed by atoms with Crippen LogP contribution in [-0.4, -0.2) is 46.2 Å². The Balaban J connectivity index is 1.63. The van der Waals surface area contributed by atoms with Gasteiger partial charge in [-0.1, -0.05) is 42.8 Å². The standard InChI is InChI=1S/C35H40O7/c1-22(2)16-29(38)17-23(3)31-21-33(40)24(4)18-34(31)42-30-13-8-25(9-14-30)6-11-27(36)20-28(37)12-7-26-10-15-32(39)35(19-26)41-5/h6-16,18-20,23,31,33-34,37,39-40H,17,21H2,1-5H3. The Kier molecular flexibility index (Phi) is 11.5. The Morgan fingerprint density at radius 3 is 2.36 bits per heavy atom. The van der Waals surface area contributed by atoms with Gasteiger partial charge in [0.05, 0.1) is 13.2 Å². The summed E-state index contributed by atoms with van der Waals surface area (Å²) in [5.74, 6) is 0.427. The van der Waals surface area contributed by atoms with E-state index in [1.807, 2.05) is 58.0 Å². The molecule has 222 valence electrons. The molecule has 42 heavy (non-hydrogen) atoms. The summed E-state index contributed by atoms with van der Waals surface area (Å²) < 4.78 is 11.4. The molecule has 0 radical (unpaired) electrons. The molecule has 0 heterocycles. The first-order valence-electron chi connectivity index (χ1n) is 13.9. The van der Waals surface area contributed by atoms with Crippen LogP contribution in [0.2, 0.25) is 0 Å². The van der Waals surface area contributed by atoms with Crippen LogP contribution in [0.1, 0.15) is 51.7 Å². The van der Waals surface area contributed by atoms with E-state index in [-0.39, 0.29) is 41.0 Å². The van der Waals surface area contributed by atoms with Crippen molar-refractivity contribution in [1.29, 1.82) is 0 Å². The number of hydrogen-bond acceptors (Lipinski definition) is 7. The summed E-state index contributed by atoms with van der Waals surface area (Å²) in [6.07, 6.45) is 10.8. The average molecular weight is 573 g/mol. The molecule has 2 aromatic carbocycles. The maximum Gasteiger partial charge on any atom is 0.182 e. The van der Waals surface area contributed by atoms with E-state index >= 15 is 0 Å². The molecule has 2 aromatic rings. The molecule has 7 nitrogen and oxygen atoms in total. The fourth-order valence-electron chi connectivity index (χ4n) is 4.81. The van der Waals surface area contributed by atoms with Gasteiger partial charge in [-0.05, 0) is 98.4 Å². The van der Waals surface area contributed by atoms with E-state index in [1.54, 1.807) is 30.4 Å². The van der Waals surface area contributed by atoms with Crippen LogP contribution >= 0.6 is 0 Å². The molecule has 0 saturated heterocycles. The van der Waals surface area contributed by atoms with E-state index in [0.29, 0.717) is 29.9 Å². The van der Waals surface area contributed by atoms with Gasteiger partial charge in [0.15, 0.2) is 23.1 Å². The van der Waals surface area contributed by atoms with Crippen LogP contribution in [-0.2, 0) is 9.59 Å². The van der Waals surface area contributed by atoms with Crippen LogP contribution in [0.15, 0.2) is 89.8 Å². The van der Waals surface area contributed by atoms with Crippen molar-refractivity contribution >= 4 is 23.7 Å². The van der Waals surface area contributed by atoms with Gasteiger partial charge in [-0.25, -0.2) is 0 Å². The lowest BCUT2D eigenvalue weighted by molar-refractivity contribution is -0.116. The van der Waals surface area contributed by atoms with E-state index in [0.717, 1.165) is 22.8 Å². The molecular formula is C35H40O7. The SMILES string of the molecule is COc1cc(C=CC(O)=CC(=O)C=Cc2ccc(OC3C=C(C)C(O)CC3C(C)CC(=O)C=C(C)C)cc2)ccc1O. The van der Waals surface area contributed by atoms with Gasteiger partial charge >= 0.3 is 0 Å². The van der Waals surface area contributed by atoms with Gasteiger partial charge in [0.25, 0.3) is 0 Å². The van der Waals surface area contributed by atoms with Crippen LogP contribution in [0.25, 0.3) is 12.2 Å². The monoisotopic (exact) mass is 572 g/mol. The first-order valence-corrected chi connectivity index (χ1v) is 13.9. The van der Waals surface area contributed by atoms with Gasteiger partial charge in [-0.2, -0.15) is 0 Å².